The second kappa shape index (κ2) is 8.76. The molecule has 1 fully saturated rings. The Bertz CT molecular complexity index is 972. The lowest BCUT2D eigenvalue weighted by Gasteiger charge is -2.26. The minimum absolute atomic E-state index is 0.0901. The molecule has 10 heteroatoms. The van der Waals surface area contributed by atoms with Gasteiger partial charge in [-0.05, 0) is 29.8 Å². The van der Waals surface area contributed by atoms with Crippen molar-refractivity contribution < 1.29 is 22.8 Å². The monoisotopic (exact) mass is 421 g/mol. The van der Waals surface area contributed by atoms with Crippen molar-refractivity contribution in [2.45, 2.75) is 11.4 Å². The van der Waals surface area contributed by atoms with Crippen LogP contribution >= 0.6 is 0 Å². The van der Waals surface area contributed by atoms with E-state index in [2.05, 4.69) is 0 Å². The van der Waals surface area contributed by atoms with Gasteiger partial charge in [0, 0.05) is 32.7 Å². The molecular formula is C19H23N3O6S. The molecule has 156 valence electrons. The number of nitro groups is 1. The van der Waals surface area contributed by atoms with E-state index in [1.54, 1.807) is 19.1 Å². The molecule has 0 unspecified atom stereocenters. The molecule has 0 aliphatic carbocycles. The summed E-state index contributed by atoms with van der Waals surface area (Å²) < 4.78 is 37.2. The molecule has 0 N–H and O–H groups in total. The van der Waals surface area contributed by atoms with Crippen molar-refractivity contribution in [1.29, 1.82) is 0 Å². The average Bonchev–Trinajstić information content (AvgIpc) is 2.74. The topological polar surface area (TPSA) is 102 Å². The Morgan fingerprint density at radius 3 is 2.41 bits per heavy atom. The van der Waals surface area contributed by atoms with Crippen LogP contribution in [0, 0.1) is 10.1 Å². The van der Waals surface area contributed by atoms with Gasteiger partial charge in [0.2, 0.25) is 10.0 Å². The molecule has 1 heterocycles. The molecular weight excluding hydrogens is 398 g/mol. The third kappa shape index (κ3) is 4.66. The maximum Gasteiger partial charge on any atom is 0.293 e. The molecule has 0 saturated carbocycles. The Hall–Kier alpha value is -2.69. The highest BCUT2D eigenvalue weighted by atomic mass is 32.2. The Balaban J connectivity index is 1.88. The first-order valence-corrected chi connectivity index (χ1v) is 10.5. The molecule has 1 aliphatic heterocycles. The molecule has 0 bridgehead atoms. The van der Waals surface area contributed by atoms with Crippen molar-refractivity contribution in [1.82, 2.24) is 4.31 Å². The van der Waals surface area contributed by atoms with E-state index in [1.165, 1.54) is 16.4 Å². The maximum absolute atomic E-state index is 12.8. The molecule has 0 radical (unpaired) electrons. The Kier molecular flexibility index (Phi) is 6.36. The molecule has 29 heavy (non-hydrogen) atoms. The van der Waals surface area contributed by atoms with Gasteiger partial charge >= 0.3 is 0 Å². The fourth-order valence-corrected chi connectivity index (χ4v) is 4.59. The summed E-state index contributed by atoms with van der Waals surface area (Å²) in [5.41, 5.74) is 1.02. The van der Waals surface area contributed by atoms with Crippen molar-refractivity contribution >= 4 is 21.4 Å². The minimum Gasteiger partial charge on any atom is -0.497 e. The summed E-state index contributed by atoms with van der Waals surface area (Å²) in [7, 11) is -0.505. The van der Waals surface area contributed by atoms with E-state index in [-0.39, 0.29) is 23.7 Å². The lowest BCUT2D eigenvalue weighted by molar-refractivity contribution is -0.384. The van der Waals surface area contributed by atoms with E-state index in [0.29, 0.717) is 25.4 Å². The van der Waals surface area contributed by atoms with Crippen LogP contribution in [0.15, 0.2) is 47.4 Å². The summed E-state index contributed by atoms with van der Waals surface area (Å²) in [6.45, 7) is 1.50. The number of rotatable bonds is 7. The minimum atomic E-state index is -3.81. The van der Waals surface area contributed by atoms with Crippen LogP contribution in [0.5, 0.6) is 5.75 Å². The third-order valence-electron chi connectivity index (χ3n) is 4.74. The van der Waals surface area contributed by atoms with Crippen LogP contribution in [0.4, 0.5) is 11.4 Å². The molecule has 9 nitrogen and oxygen atoms in total. The fourth-order valence-electron chi connectivity index (χ4n) is 3.16. The van der Waals surface area contributed by atoms with Crippen LogP contribution in [0.25, 0.3) is 0 Å². The molecule has 3 rings (SSSR count). The van der Waals surface area contributed by atoms with E-state index < -0.39 is 14.9 Å². The molecule has 1 aliphatic rings. The number of nitro benzene ring substituents is 1. The highest BCUT2D eigenvalue weighted by molar-refractivity contribution is 7.89. The first kappa shape index (κ1) is 21.0. The van der Waals surface area contributed by atoms with E-state index in [4.69, 9.17) is 9.47 Å². The zero-order chi connectivity index (χ0) is 21.0. The maximum atomic E-state index is 12.8. The molecule has 2 aromatic carbocycles. The van der Waals surface area contributed by atoms with E-state index >= 15 is 0 Å². The number of sulfonamides is 1. The number of morpholine rings is 1. The summed E-state index contributed by atoms with van der Waals surface area (Å²) in [5.74, 6) is 0.722. The summed E-state index contributed by atoms with van der Waals surface area (Å²) in [5, 5.41) is 11.7. The smallest absolute Gasteiger partial charge is 0.293 e. The van der Waals surface area contributed by atoms with Gasteiger partial charge in [-0.1, -0.05) is 12.1 Å². The number of methoxy groups -OCH3 is 1. The Morgan fingerprint density at radius 2 is 1.83 bits per heavy atom. The number of benzene rings is 2. The van der Waals surface area contributed by atoms with Gasteiger partial charge in [0.25, 0.3) is 5.69 Å². The lowest BCUT2D eigenvalue weighted by Crippen LogP contribution is -2.40. The van der Waals surface area contributed by atoms with Crippen molar-refractivity contribution in [3.63, 3.8) is 0 Å². The van der Waals surface area contributed by atoms with Crippen LogP contribution in [0.3, 0.4) is 0 Å². The zero-order valence-electron chi connectivity index (χ0n) is 16.3. The molecule has 2 aromatic rings. The van der Waals surface area contributed by atoms with Crippen molar-refractivity contribution in [2.24, 2.45) is 0 Å². The normalized spacial score (nSPS) is 15.1. The van der Waals surface area contributed by atoms with Gasteiger partial charge in [-0.15, -0.1) is 0 Å². The van der Waals surface area contributed by atoms with Gasteiger partial charge in [0.1, 0.15) is 11.4 Å². The van der Waals surface area contributed by atoms with Gasteiger partial charge in [-0.2, -0.15) is 4.31 Å². The SMILES string of the molecule is COc1ccc(CN(C)c2ccc(S(=O)(=O)N3CCOCC3)cc2[N+](=O)[O-])cc1. The zero-order valence-corrected chi connectivity index (χ0v) is 17.1. The average molecular weight is 421 g/mol. The number of nitrogens with zero attached hydrogens (tertiary/aromatic N) is 3. The summed E-state index contributed by atoms with van der Waals surface area (Å²) in [6.07, 6.45) is 0. The van der Waals surface area contributed by atoms with Gasteiger partial charge in [0.05, 0.1) is 30.1 Å². The standard InChI is InChI=1S/C19H23N3O6S/c1-20(14-15-3-5-16(27-2)6-4-15)18-8-7-17(13-19(18)22(23)24)29(25,26)21-9-11-28-12-10-21/h3-8,13H,9-12,14H2,1-2H3. The highest BCUT2D eigenvalue weighted by Gasteiger charge is 2.29. The molecule has 1 saturated heterocycles. The Labute approximate surface area is 169 Å². The second-order valence-corrected chi connectivity index (χ2v) is 8.57. The molecule has 0 atom stereocenters. The predicted octanol–water partition coefficient (Wildman–Crippen LogP) is 2.26. The van der Waals surface area contributed by atoms with Gasteiger partial charge in [-0.3, -0.25) is 10.1 Å². The van der Waals surface area contributed by atoms with Crippen molar-refractivity contribution in [3.8, 4) is 5.75 Å². The number of hydrogen-bond donors (Lipinski definition) is 0. The lowest BCUT2D eigenvalue weighted by atomic mass is 10.2. The summed E-state index contributed by atoms with van der Waals surface area (Å²) in [4.78, 5) is 12.7. The van der Waals surface area contributed by atoms with Crippen LogP contribution in [-0.2, 0) is 21.3 Å². The first-order valence-electron chi connectivity index (χ1n) is 9.03. The molecule has 0 aromatic heterocycles. The highest BCUT2D eigenvalue weighted by Crippen LogP contribution is 2.32. The van der Waals surface area contributed by atoms with Crippen molar-refractivity contribution in [3.05, 3.63) is 58.1 Å². The van der Waals surface area contributed by atoms with Crippen LogP contribution < -0.4 is 9.64 Å². The van der Waals surface area contributed by atoms with E-state index in [0.717, 1.165) is 17.4 Å². The summed E-state index contributed by atoms with van der Waals surface area (Å²) >= 11 is 0. The predicted molar refractivity (Wildman–Crippen MR) is 108 cm³/mol. The Morgan fingerprint density at radius 1 is 1.17 bits per heavy atom. The largest absolute Gasteiger partial charge is 0.497 e. The third-order valence-corrected chi connectivity index (χ3v) is 6.64. The van der Waals surface area contributed by atoms with Crippen molar-refractivity contribution in [2.75, 3.05) is 45.4 Å². The fraction of sp³-hybridized carbons (Fsp3) is 0.368. The molecule has 0 amide bonds. The van der Waals surface area contributed by atoms with Crippen LogP contribution in [0.2, 0.25) is 0 Å². The van der Waals surface area contributed by atoms with Crippen LogP contribution in [-0.4, -0.2) is 58.1 Å². The summed E-state index contributed by atoms with van der Waals surface area (Å²) in [6, 6.07) is 11.4. The van der Waals surface area contributed by atoms with Crippen LogP contribution in [0.1, 0.15) is 5.56 Å². The number of ether oxygens (including phenoxy) is 2. The number of anilines is 1. The number of hydrogen-bond acceptors (Lipinski definition) is 7. The van der Waals surface area contributed by atoms with E-state index in [1.807, 2.05) is 24.3 Å². The second-order valence-electron chi connectivity index (χ2n) is 6.63. The first-order chi connectivity index (χ1) is 13.8. The quantitative estimate of drug-likeness (QED) is 0.499. The molecule has 0 spiro atoms. The van der Waals surface area contributed by atoms with Gasteiger partial charge < -0.3 is 14.4 Å². The van der Waals surface area contributed by atoms with E-state index in [9.17, 15) is 18.5 Å². The van der Waals surface area contributed by atoms with Gasteiger partial charge in [-0.25, -0.2) is 8.42 Å². The van der Waals surface area contributed by atoms with Gasteiger partial charge in [0.15, 0.2) is 0 Å².